The number of nitrogen functional groups attached to an aromatic ring is 1. The van der Waals surface area contributed by atoms with Gasteiger partial charge in [0.15, 0.2) is 0 Å². The van der Waals surface area contributed by atoms with Gasteiger partial charge in [0.2, 0.25) is 0 Å². The SMILES string of the molecule is Nc1ccc([As]2SCCS2)cc1. The van der Waals surface area contributed by atoms with Crippen LogP contribution in [0.2, 0.25) is 0 Å². The van der Waals surface area contributed by atoms with Gasteiger partial charge < -0.3 is 0 Å². The molecule has 12 heavy (non-hydrogen) atoms. The Kier molecular flexibility index (Phi) is 2.95. The van der Waals surface area contributed by atoms with Crippen LogP contribution in [0.5, 0.6) is 0 Å². The van der Waals surface area contributed by atoms with E-state index in [0.29, 0.717) is 0 Å². The van der Waals surface area contributed by atoms with Gasteiger partial charge in [-0.3, -0.25) is 0 Å². The standard InChI is InChI=1S/C8H10AsNS2/c10-8-3-1-7(2-4-8)9-11-5-6-12-9/h1-4H,5-6,10H2. The van der Waals surface area contributed by atoms with E-state index in [1.165, 1.54) is 11.5 Å². The van der Waals surface area contributed by atoms with Crippen molar-refractivity contribution in [3.8, 4) is 0 Å². The molecule has 0 atom stereocenters. The van der Waals surface area contributed by atoms with Gasteiger partial charge in [-0.05, 0) is 0 Å². The summed E-state index contributed by atoms with van der Waals surface area (Å²) < 4.78 is 1.55. The van der Waals surface area contributed by atoms with Crippen molar-refractivity contribution < 1.29 is 0 Å². The molecule has 0 aliphatic carbocycles. The third-order valence-electron chi connectivity index (χ3n) is 1.60. The Labute approximate surface area is 83.7 Å². The van der Waals surface area contributed by atoms with Crippen molar-refractivity contribution in [2.45, 2.75) is 0 Å². The van der Waals surface area contributed by atoms with E-state index in [-0.39, 0.29) is 0 Å². The molecule has 0 amide bonds. The van der Waals surface area contributed by atoms with Crippen molar-refractivity contribution in [3.05, 3.63) is 24.3 Å². The second kappa shape index (κ2) is 3.99. The molecule has 1 aromatic rings. The first kappa shape index (κ1) is 8.86. The number of benzene rings is 1. The summed E-state index contributed by atoms with van der Waals surface area (Å²) in [5.41, 5.74) is 6.50. The number of hydrogen-bond acceptors (Lipinski definition) is 3. The van der Waals surface area contributed by atoms with Crippen LogP contribution in [-0.4, -0.2) is 23.8 Å². The fourth-order valence-corrected chi connectivity index (χ4v) is 15.1. The van der Waals surface area contributed by atoms with Gasteiger partial charge in [-0.25, -0.2) is 0 Å². The third-order valence-corrected chi connectivity index (χ3v) is 15.3. The van der Waals surface area contributed by atoms with Crippen LogP contribution < -0.4 is 10.1 Å². The summed E-state index contributed by atoms with van der Waals surface area (Å²) in [6, 6.07) is 8.42. The van der Waals surface area contributed by atoms with Gasteiger partial charge in [-0.15, -0.1) is 0 Å². The van der Waals surface area contributed by atoms with E-state index >= 15 is 0 Å². The molecule has 1 nitrogen and oxygen atoms in total. The molecule has 0 radical (unpaired) electrons. The molecule has 0 aromatic heterocycles. The summed E-state index contributed by atoms with van der Waals surface area (Å²) in [5.74, 6) is 2.68. The molecule has 0 spiro atoms. The maximum atomic E-state index is 5.63. The molecule has 0 bridgehead atoms. The Hall–Kier alpha value is 0.278. The van der Waals surface area contributed by atoms with Gasteiger partial charge in [0, 0.05) is 0 Å². The van der Waals surface area contributed by atoms with Gasteiger partial charge in [-0.2, -0.15) is 0 Å². The monoisotopic (exact) mass is 259 g/mol. The van der Waals surface area contributed by atoms with E-state index in [1.807, 2.05) is 12.1 Å². The second-order valence-electron chi connectivity index (χ2n) is 2.52. The fourth-order valence-electron chi connectivity index (χ4n) is 1.02. The predicted octanol–water partition coefficient (Wildman–Crippen LogP) is 1.44. The summed E-state index contributed by atoms with van der Waals surface area (Å²) >= 11 is -0.748. The van der Waals surface area contributed by atoms with Crippen molar-refractivity contribution in [2.75, 3.05) is 17.2 Å². The molecule has 1 fully saturated rings. The number of anilines is 1. The molecule has 1 aliphatic rings. The molecule has 2 N–H and O–H groups in total. The first-order valence-electron chi connectivity index (χ1n) is 3.78. The molecule has 1 heterocycles. The van der Waals surface area contributed by atoms with Crippen molar-refractivity contribution in [1.29, 1.82) is 0 Å². The number of rotatable bonds is 1. The topological polar surface area (TPSA) is 26.0 Å². The number of nitrogens with two attached hydrogens (primary N) is 1. The minimum absolute atomic E-state index is 0.748. The normalized spacial score (nSPS) is 18.3. The van der Waals surface area contributed by atoms with Crippen molar-refractivity contribution >= 4 is 42.4 Å². The molecule has 0 unspecified atom stereocenters. The Balaban J connectivity index is 2.17. The Bertz CT molecular complexity index is 256. The second-order valence-corrected chi connectivity index (χ2v) is 14.3. The van der Waals surface area contributed by atoms with Gasteiger partial charge >= 0.3 is 83.9 Å². The van der Waals surface area contributed by atoms with E-state index in [1.54, 1.807) is 4.35 Å². The van der Waals surface area contributed by atoms with Crippen LogP contribution in [0.4, 0.5) is 5.69 Å². The van der Waals surface area contributed by atoms with Crippen molar-refractivity contribution in [3.63, 3.8) is 0 Å². The van der Waals surface area contributed by atoms with Crippen LogP contribution in [0.15, 0.2) is 24.3 Å². The Morgan fingerprint density at radius 3 is 2.25 bits per heavy atom. The van der Waals surface area contributed by atoms with E-state index < -0.39 is 12.3 Å². The van der Waals surface area contributed by atoms with Gasteiger partial charge in [0.25, 0.3) is 0 Å². The molecule has 1 saturated heterocycles. The van der Waals surface area contributed by atoms with Crippen LogP contribution in [0.3, 0.4) is 0 Å². The predicted molar refractivity (Wildman–Crippen MR) is 61.2 cm³/mol. The van der Waals surface area contributed by atoms with E-state index in [2.05, 4.69) is 32.2 Å². The Morgan fingerprint density at radius 1 is 1.08 bits per heavy atom. The van der Waals surface area contributed by atoms with Crippen molar-refractivity contribution in [1.82, 2.24) is 0 Å². The molecule has 2 rings (SSSR count). The molecular weight excluding hydrogens is 249 g/mol. The summed E-state index contributed by atoms with van der Waals surface area (Å²) in [6.45, 7) is 0. The first-order chi connectivity index (χ1) is 5.86. The summed E-state index contributed by atoms with van der Waals surface area (Å²) in [5, 5.41) is 0. The van der Waals surface area contributed by atoms with Gasteiger partial charge in [0.1, 0.15) is 0 Å². The van der Waals surface area contributed by atoms with E-state index in [0.717, 1.165) is 5.69 Å². The van der Waals surface area contributed by atoms with Crippen molar-refractivity contribution in [2.24, 2.45) is 0 Å². The fraction of sp³-hybridized carbons (Fsp3) is 0.250. The average molecular weight is 259 g/mol. The van der Waals surface area contributed by atoms with E-state index in [9.17, 15) is 0 Å². The van der Waals surface area contributed by atoms with E-state index in [4.69, 9.17) is 5.73 Å². The van der Waals surface area contributed by atoms with Gasteiger partial charge in [-0.1, -0.05) is 0 Å². The first-order valence-corrected chi connectivity index (χ1v) is 11.2. The summed E-state index contributed by atoms with van der Waals surface area (Å²) in [4.78, 5) is 0. The van der Waals surface area contributed by atoms with Crippen LogP contribution >= 0.6 is 20.0 Å². The zero-order chi connectivity index (χ0) is 8.39. The van der Waals surface area contributed by atoms with Crippen LogP contribution in [0.1, 0.15) is 0 Å². The molecule has 1 aromatic carbocycles. The molecule has 4 heteroatoms. The zero-order valence-electron chi connectivity index (χ0n) is 6.56. The average Bonchev–Trinajstić information content (AvgIpc) is 2.58. The zero-order valence-corrected chi connectivity index (χ0v) is 10.1. The van der Waals surface area contributed by atoms with Crippen LogP contribution in [-0.2, 0) is 0 Å². The summed E-state index contributed by atoms with van der Waals surface area (Å²) in [7, 11) is 4.34. The van der Waals surface area contributed by atoms with Crippen LogP contribution in [0, 0.1) is 0 Å². The third kappa shape index (κ3) is 1.95. The molecule has 64 valence electrons. The van der Waals surface area contributed by atoms with Crippen LogP contribution in [0.25, 0.3) is 0 Å². The summed E-state index contributed by atoms with van der Waals surface area (Å²) in [6.07, 6.45) is 0. The number of hydrogen-bond donors (Lipinski definition) is 1. The molecule has 1 aliphatic heterocycles. The molecule has 0 saturated carbocycles. The molecular formula is C8H10AsNS2. The van der Waals surface area contributed by atoms with Gasteiger partial charge in [0.05, 0.1) is 0 Å². The maximum absolute atomic E-state index is 5.63. The minimum atomic E-state index is -0.748. The quantitative estimate of drug-likeness (QED) is 0.610. The Morgan fingerprint density at radius 2 is 1.67 bits per heavy atom.